The highest BCUT2D eigenvalue weighted by atomic mass is 32.2. The molecule has 18 heavy (non-hydrogen) atoms. The fraction of sp³-hybridized carbons (Fsp3) is 1.00. The molecule has 2 N–H and O–H groups in total. The summed E-state index contributed by atoms with van der Waals surface area (Å²) >= 11 is 0. The van der Waals surface area contributed by atoms with Crippen LogP contribution in [0.5, 0.6) is 0 Å². The highest BCUT2D eigenvalue weighted by molar-refractivity contribution is 7.91. The van der Waals surface area contributed by atoms with E-state index in [0.29, 0.717) is 11.5 Å². The van der Waals surface area contributed by atoms with Gasteiger partial charge in [-0.1, -0.05) is 13.3 Å². The molecule has 0 saturated carbocycles. The topological polar surface area (TPSA) is 63.4 Å². The second-order valence-electron chi connectivity index (χ2n) is 5.34. The van der Waals surface area contributed by atoms with E-state index in [9.17, 15) is 8.42 Å². The molecule has 1 aliphatic heterocycles. The Morgan fingerprint density at radius 2 is 2.00 bits per heavy atom. The number of nitrogens with zero attached hydrogens (tertiary/aromatic N) is 1. The van der Waals surface area contributed by atoms with E-state index in [1.165, 1.54) is 19.3 Å². The van der Waals surface area contributed by atoms with Crippen molar-refractivity contribution in [1.29, 1.82) is 0 Å². The number of rotatable bonds is 7. The van der Waals surface area contributed by atoms with Crippen molar-refractivity contribution in [2.75, 3.05) is 37.7 Å². The lowest BCUT2D eigenvalue weighted by atomic mass is 9.96. The van der Waals surface area contributed by atoms with Crippen LogP contribution in [-0.2, 0) is 9.84 Å². The molecule has 0 aromatic heterocycles. The van der Waals surface area contributed by atoms with E-state index in [2.05, 4.69) is 11.8 Å². The SMILES string of the molecule is CCC(CCN)CCCN1CCCS(=O)(=O)CC1. The van der Waals surface area contributed by atoms with Gasteiger partial charge in [0.05, 0.1) is 11.5 Å². The summed E-state index contributed by atoms with van der Waals surface area (Å²) in [6, 6.07) is 0. The summed E-state index contributed by atoms with van der Waals surface area (Å²) in [7, 11) is -2.76. The molecule has 1 saturated heterocycles. The van der Waals surface area contributed by atoms with Gasteiger partial charge < -0.3 is 10.6 Å². The highest BCUT2D eigenvalue weighted by Crippen LogP contribution is 2.15. The molecular formula is C13H28N2O2S. The maximum atomic E-state index is 11.5. The van der Waals surface area contributed by atoms with Crippen molar-refractivity contribution in [2.45, 2.75) is 39.0 Å². The quantitative estimate of drug-likeness (QED) is 0.760. The second kappa shape index (κ2) is 8.12. The van der Waals surface area contributed by atoms with Crippen LogP contribution in [0.25, 0.3) is 0 Å². The lowest BCUT2D eigenvalue weighted by molar-refractivity contribution is 0.276. The third kappa shape index (κ3) is 6.16. The summed E-state index contributed by atoms with van der Waals surface area (Å²) in [5.74, 6) is 1.45. The number of nitrogens with two attached hydrogens (primary N) is 1. The first-order valence-electron chi connectivity index (χ1n) is 7.20. The first-order chi connectivity index (χ1) is 8.57. The average molecular weight is 276 g/mol. The van der Waals surface area contributed by atoms with Crippen LogP contribution < -0.4 is 5.73 Å². The Kier molecular flexibility index (Phi) is 7.19. The van der Waals surface area contributed by atoms with Crippen LogP contribution in [-0.4, -0.2) is 51.0 Å². The average Bonchev–Trinajstić information content (AvgIpc) is 2.50. The zero-order valence-electron chi connectivity index (χ0n) is 11.6. The minimum atomic E-state index is -2.76. The summed E-state index contributed by atoms with van der Waals surface area (Å²) in [6.45, 7) is 5.69. The normalized spacial score (nSPS) is 22.6. The van der Waals surface area contributed by atoms with E-state index in [0.717, 1.165) is 44.9 Å². The largest absolute Gasteiger partial charge is 0.330 e. The number of hydrogen-bond acceptors (Lipinski definition) is 4. The summed E-state index contributed by atoms with van der Waals surface area (Å²) < 4.78 is 23.0. The van der Waals surface area contributed by atoms with Gasteiger partial charge in [0, 0.05) is 6.54 Å². The van der Waals surface area contributed by atoms with Gasteiger partial charge in [-0.2, -0.15) is 0 Å². The summed E-state index contributed by atoms with van der Waals surface area (Å²) in [5, 5.41) is 0. The molecule has 108 valence electrons. The van der Waals surface area contributed by atoms with E-state index in [4.69, 9.17) is 5.73 Å². The van der Waals surface area contributed by atoms with Gasteiger partial charge in [-0.3, -0.25) is 0 Å². The second-order valence-corrected chi connectivity index (χ2v) is 7.64. The third-order valence-corrected chi connectivity index (χ3v) is 5.60. The first-order valence-corrected chi connectivity index (χ1v) is 9.02. The monoisotopic (exact) mass is 276 g/mol. The van der Waals surface area contributed by atoms with Crippen LogP contribution in [0.2, 0.25) is 0 Å². The third-order valence-electron chi connectivity index (χ3n) is 3.89. The number of hydrogen-bond donors (Lipinski definition) is 1. The molecule has 5 heteroatoms. The van der Waals surface area contributed by atoms with Gasteiger partial charge in [0.2, 0.25) is 0 Å². The van der Waals surface area contributed by atoms with Crippen molar-refractivity contribution >= 4 is 9.84 Å². The summed E-state index contributed by atoms with van der Waals surface area (Å²) in [6.07, 6.45) is 5.49. The van der Waals surface area contributed by atoms with E-state index in [1.807, 2.05) is 0 Å². The minimum Gasteiger partial charge on any atom is -0.330 e. The van der Waals surface area contributed by atoms with Crippen LogP contribution in [0.15, 0.2) is 0 Å². The Hall–Kier alpha value is -0.130. The van der Waals surface area contributed by atoms with Gasteiger partial charge in [-0.05, 0) is 51.2 Å². The van der Waals surface area contributed by atoms with Crippen molar-refractivity contribution in [1.82, 2.24) is 4.90 Å². The van der Waals surface area contributed by atoms with Gasteiger partial charge >= 0.3 is 0 Å². The number of sulfone groups is 1. The smallest absolute Gasteiger partial charge is 0.151 e. The van der Waals surface area contributed by atoms with E-state index < -0.39 is 9.84 Å². The van der Waals surface area contributed by atoms with E-state index >= 15 is 0 Å². The van der Waals surface area contributed by atoms with E-state index in [-0.39, 0.29) is 0 Å². The molecular weight excluding hydrogens is 248 g/mol. The molecule has 1 aliphatic rings. The molecule has 1 unspecified atom stereocenters. The van der Waals surface area contributed by atoms with Gasteiger partial charge in [0.15, 0.2) is 9.84 Å². The van der Waals surface area contributed by atoms with Crippen LogP contribution in [0.4, 0.5) is 0 Å². The molecule has 1 atom stereocenters. The first kappa shape index (κ1) is 15.9. The summed E-state index contributed by atoms with van der Waals surface area (Å²) in [4.78, 5) is 2.31. The van der Waals surface area contributed by atoms with Gasteiger partial charge in [-0.25, -0.2) is 8.42 Å². The molecule has 0 bridgehead atoms. The Labute approximate surface area is 112 Å². The zero-order chi connectivity index (χ0) is 13.4. The molecule has 1 heterocycles. The maximum absolute atomic E-state index is 11.5. The van der Waals surface area contributed by atoms with Crippen LogP contribution >= 0.6 is 0 Å². The van der Waals surface area contributed by atoms with Crippen molar-refractivity contribution in [3.63, 3.8) is 0 Å². The van der Waals surface area contributed by atoms with Gasteiger partial charge in [0.25, 0.3) is 0 Å². The standard InChI is InChI=1S/C13H28N2O2S/c1-2-13(6-7-14)5-3-8-15-9-4-11-18(16,17)12-10-15/h13H,2-12,14H2,1H3. The van der Waals surface area contributed by atoms with E-state index in [1.54, 1.807) is 0 Å². The Bertz CT molecular complexity index is 317. The molecule has 0 aliphatic carbocycles. The maximum Gasteiger partial charge on any atom is 0.151 e. The molecule has 0 amide bonds. The van der Waals surface area contributed by atoms with Crippen molar-refractivity contribution in [3.8, 4) is 0 Å². The van der Waals surface area contributed by atoms with Crippen molar-refractivity contribution in [3.05, 3.63) is 0 Å². The molecule has 1 rings (SSSR count). The molecule has 4 nitrogen and oxygen atoms in total. The minimum absolute atomic E-state index is 0.340. The van der Waals surface area contributed by atoms with Crippen LogP contribution in [0, 0.1) is 5.92 Å². The fourth-order valence-corrected chi connectivity index (χ4v) is 3.92. The molecule has 0 aromatic carbocycles. The predicted molar refractivity (Wildman–Crippen MR) is 76.4 cm³/mol. The lowest BCUT2D eigenvalue weighted by Gasteiger charge is -2.20. The van der Waals surface area contributed by atoms with Crippen LogP contribution in [0.3, 0.4) is 0 Å². The predicted octanol–water partition coefficient (Wildman–Crippen LogP) is 1.26. The van der Waals surface area contributed by atoms with Crippen molar-refractivity contribution < 1.29 is 8.42 Å². The van der Waals surface area contributed by atoms with Gasteiger partial charge in [-0.15, -0.1) is 0 Å². The molecule has 0 radical (unpaired) electrons. The Balaban J connectivity index is 2.23. The van der Waals surface area contributed by atoms with Gasteiger partial charge in [0.1, 0.15) is 0 Å². The highest BCUT2D eigenvalue weighted by Gasteiger charge is 2.18. The Morgan fingerprint density at radius 3 is 2.67 bits per heavy atom. The van der Waals surface area contributed by atoms with Crippen LogP contribution in [0.1, 0.15) is 39.0 Å². The molecule has 1 fully saturated rings. The summed E-state index contributed by atoms with van der Waals surface area (Å²) in [5.41, 5.74) is 5.59. The van der Waals surface area contributed by atoms with Crippen molar-refractivity contribution in [2.24, 2.45) is 11.7 Å². The lowest BCUT2D eigenvalue weighted by Crippen LogP contribution is -2.28. The molecule has 0 aromatic rings. The Morgan fingerprint density at radius 1 is 1.22 bits per heavy atom. The zero-order valence-corrected chi connectivity index (χ0v) is 12.4. The molecule has 0 spiro atoms. The fourth-order valence-electron chi connectivity index (χ4n) is 2.61.